The zero-order valence-electron chi connectivity index (χ0n) is 6.92. The molecule has 2 aromatic rings. The van der Waals surface area contributed by atoms with Gasteiger partial charge in [0.15, 0.2) is 0 Å². The molecule has 0 aliphatic rings. The highest BCUT2D eigenvalue weighted by Gasteiger charge is 2.02. The summed E-state index contributed by atoms with van der Waals surface area (Å²) < 4.78 is 0.974. The van der Waals surface area contributed by atoms with Gasteiger partial charge in [-0.3, -0.25) is 0 Å². The van der Waals surface area contributed by atoms with Gasteiger partial charge in [0.05, 0.1) is 5.69 Å². The summed E-state index contributed by atoms with van der Waals surface area (Å²) in [5.41, 5.74) is 0.766. The molecule has 0 aliphatic heterocycles. The van der Waals surface area contributed by atoms with Crippen LogP contribution in [0, 0.1) is 11.3 Å². The van der Waals surface area contributed by atoms with Gasteiger partial charge in [-0.05, 0) is 29.5 Å². The minimum absolute atomic E-state index is 0.0629. The number of nitrogens with zero attached hydrogens (tertiary/aromatic N) is 5. The van der Waals surface area contributed by atoms with Crippen LogP contribution in [0.3, 0.4) is 0 Å². The summed E-state index contributed by atoms with van der Waals surface area (Å²) in [5, 5.41) is 19.6. The average Bonchev–Trinajstić information content (AvgIpc) is 2.67. The molecule has 0 N–H and O–H groups in total. The molecule has 6 heteroatoms. The normalized spacial score (nSPS) is 9.71. The summed E-state index contributed by atoms with van der Waals surface area (Å²) in [6.07, 6.45) is 0. The Balaban J connectivity index is 2.40. The minimum atomic E-state index is 0.0629. The molecule has 0 spiro atoms. The molecule has 0 radical (unpaired) electrons. The molecule has 1 heterocycles. The van der Waals surface area contributed by atoms with Crippen molar-refractivity contribution in [3.63, 3.8) is 0 Å². The summed E-state index contributed by atoms with van der Waals surface area (Å²) in [6, 6.07) is 9.20. The smallest absolute Gasteiger partial charge is 0.189 e. The predicted molar refractivity (Wildman–Crippen MR) is 51.6 cm³/mol. The van der Waals surface area contributed by atoms with E-state index in [4.69, 9.17) is 5.26 Å². The van der Waals surface area contributed by atoms with Crippen molar-refractivity contribution >= 4 is 15.9 Å². The van der Waals surface area contributed by atoms with Crippen molar-refractivity contribution < 1.29 is 0 Å². The van der Waals surface area contributed by atoms with Gasteiger partial charge >= 0.3 is 0 Å². The number of halogens is 1. The summed E-state index contributed by atoms with van der Waals surface area (Å²) in [4.78, 5) is 1.31. The molecule has 1 aromatic carbocycles. The van der Waals surface area contributed by atoms with E-state index in [1.165, 1.54) is 4.80 Å². The molecular weight excluding hydrogens is 246 g/mol. The summed E-state index contributed by atoms with van der Waals surface area (Å²) in [5.74, 6) is 0.0629. The molecule has 2 rings (SSSR count). The van der Waals surface area contributed by atoms with E-state index in [0.29, 0.717) is 0 Å². The Morgan fingerprint density at radius 1 is 1.29 bits per heavy atom. The monoisotopic (exact) mass is 249 g/mol. The Hall–Kier alpha value is -1.74. The van der Waals surface area contributed by atoms with Crippen LogP contribution in [-0.4, -0.2) is 20.2 Å². The summed E-state index contributed by atoms with van der Waals surface area (Å²) >= 11 is 3.32. The van der Waals surface area contributed by atoms with E-state index in [0.717, 1.165) is 10.2 Å². The van der Waals surface area contributed by atoms with E-state index in [2.05, 4.69) is 31.3 Å². The van der Waals surface area contributed by atoms with Gasteiger partial charge in [-0.25, -0.2) is 0 Å². The molecule has 0 amide bonds. The topological polar surface area (TPSA) is 67.4 Å². The zero-order valence-corrected chi connectivity index (χ0v) is 8.51. The molecule has 14 heavy (non-hydrogen) atoms. The van der Waals surface area contributed by atoms with Crippen LogP contribution >= 0.6 is 15.9 Å². The largest absolute Gasteiger partial charge is 0.274 e. The number of rotatable bonds is 1. The highest BCUT2D eigenvalue weighted by Crippen LogP contribution is 2.12. The lowest BCUT2D eigenvalue weighted by molar-refractivity contribution is 0.719. The zero-order chi connectivity index (χ0) is 9.97. The lowest BCUT2D eigenvalue weighted by atomic mass is 10.3. The fourth-order valence-corrected chi connectivity index (χ4v) is 1.21. The fourth-order valence-electron chi connectivity index (χ4n) is 0.943. The Morgan fingerprint density at radius 3 is 2.57 bits per heavy atom. The Kier molecular flexibility index (Phi) is 2.24. The molecule has 0 aliphatic carbocycles. The quantitative estimate of drug-likeness (QED) is 0.764. The van der Waals surface area contributed by atoms with Gasteiger partial charge in [0.2, 0.25) is 0 Å². The number of benzene rings is 1. The van der Waals surface area contributed by atoms with Crippen molar-refractivity contribution in [1.82, 2.24) is 20.2 Å². The maximum atomic E-state index is 8.51. The first-order valence-corrected chi connectivity index (χ1v) is 4.55. The van der Waals surface area contributed by atoms with Crippen LogP contribution in [-0.2, 0) is 0 Å². The first kappa shape index (κ1) is 8.84. The van der Waals surface area contributed by atoms with Crippen molar-refractivity contribution in [3.8, 4) is 11.8 Å². The van der Waals surface area contributed by atoms with Crippen LogP contribution in [0.25, 0.3) is 5.69 Å². The summed E-state index contributed by atoms with van der Waals surface area (Å²) in [7, 11) is 0. The van der Waals surface area contributed by atoms with Gasteiger partial charge in [0.1, 0.15) is 6.07 Å². The Bertz CT molecular complexity index is 481. The summed E-state index contributed by atoms with van der Waals surface area (Å²) in [6.45, 7) is 0. The molecule has 0 saturated carbocycles. The first-order valence-electron chi connectivity index (χ1n) is 3.75. The second kappa shape index (κ2) is 3.55. The van der Waals surface area contributed by atoms with Crippen LogP contribution < -0.4 is 0 Å². The van der Waals surface area contributed by atoms with Crippen LogP contribution in [0.4, 0.5) is 0 Å². The maximum Gasteiger partial charge on any atom is 0.274 e. The molecule has 0 atom stereocenters. The average molecular weight is 250 g/mol. The Morgan fingerprint density at radius 2 is 2.00 bits per heavy atom. The predicted octanol–water partition coefficient (Wildman–Crippen LogP) is 1.30. The second-order valence-corrected chi connectivity index (χ2v) is 3.41. The minimum Gasteiger partial charge on any atom is -0.189 e. The van der Waals surface area contributed by atoms with E-state index >= 15 is 0 Å². The van der Waals surface area contributed by atoms with Crippen LogP contribution in [0.2, 0.25) is 0 Å². The van der Waals surface area contributed by atoms with Crippen LogP contribution in [0.5, 0.6) is 0 Å². The lowest BCUT2D eigenvalue weighted by Crippen LogP contribution is -1.98. The molecule has 1 aromatic heterocycles. The molecule has 0 saturated heterocycles. The highest BCUT2D eigenvalue weighted by atomic mass is 79.9. The van der Waals surface area contributed by atoms with Crippen molar-refractivity contribution in [2.24, 2.45) is 0 Å². The fraction of sp³-hybridized carbons (Fsp3) is 0. The first-order chi connectivity index (χ1) is 6.79. The molecule has 0 bridgehead atoms. The van der Waals surface area contributed by atoms with Crippen LogP contribution in [0.15, 0.2) is 28.7 Å². The van der Waals surface area contributed by atoms with Gasteiger partial charge in [-0.1, -0.05) is 21.0 Å². The van der Waals surface area contributed by atoms with E-state index < -0.39 is 0 Å². The standard InChI is InChI=1S/C8H4BrN5/c9-6-1-3-7(4-2-6)14-12-8(5-10)11-13-14/h1-4H. The number of hydrogen-bond acceptors (Lipinski definition) is 4. The third-order valence-corrected chi connectivity index (χ3v) is 2.10. The molecule has 0 unspecified atom stereocenters. The second-order valence-electron chi connectivity index (χ2n) is 2.49. The van der Waals surface area contributed by atoms with Crippen LogP contribution in [0.1, 0.15) is 5.82 Å². The van der Waals surface area contributed by atoms with Gasteiger partial charge in [0.25, 0.3) is 5.82 Å². The number of nitriles is 1. The van der Waals surface area contributed by atoms with Crippen molar-refractivity contribution in [1.29, 1.82) is 5.26 Å². The van der Waals surface area contributed by atoms with Gasteiger partial charge in [-0.15, -0.1) is 9.90 Å². The van der Waals surface area contributed by atoms with Crippen molar-refractivity contribution in [2.45, 2.75) is 0 Å². The van der Waals surface area contributed by atoms with Crippen molar-refractivity contribution in [2.75, 3.05) is 0 Å². The number of tetrazole rings is 1. The van der Waals surface area contributed by atoms with E-state index in [1.807, 2.05) is 30.3 Å². The number of aromatic nitrogens is 4. The highest BCUT2D eigenvalue weighted by molar-refractivity contribution is 9.10. The van der Waals surface area contributed by atoms with E-state index in [1.54, 1.807) is 0 Å². The molecule has 68 valence electrons. The third kappa shape index (κ3) is 1.63. The molecular formula is C8H4BrN5. The molecule has 5 nitrogen and oxygen atoms in total. The number of hydrogen-bond donors (Lipinski definition) is 0. The van der Waals surface area contributed by atoms with E-state index in [9.17, 15) is 0 Å². The molecule has 0 fully saturated rings. The van der Waals surface area contributed by atoms with Gasteiger partial charge < -0.3 is 0 Å². The lowest BCUT2D eigenvalue weighted by Gasteiger charge is -1.96. The third-order valence-electron chi connectivity index (χ3n) is 1.57. The SMILES string of the molecule is N#Cc1nnn(-c2ccc(Br)cc2)n1. The van der Waals surface area contributed by atoms with Gasteiger partial charge in [0, 0.05) is 4.47 Å². The Labute approximate surface area is 88.1 Å². The van der Waals surface area contributed by atoms with Crippen molar-refractivity contribution in [3.05, 3.63) is 34.6 Å². The maximum absolute atomic E-state index is 8.51. The van der Waals surface area contributed by atoms with E-state index in [-0.39, 0.29) is 5.82 Å². The van der Waals surface area contributed by atoms with Gasteiger partial charge in [-0.2, -0.15) is 5.26 Å².